The Morgan fingerprint density at radius 3 is 0.929 bits per heavy atom. The molecule has 0 radical (unpaired) electrons. The van der Waals surface area contributed by atoms with Crippen LogP contribution in [0.3, 0.4) is 0 Å². The molecule has 0 heterocycles. The van der Waals surface area contributed by atoms with E-state index in [4.69, 9.17) is 14.2 Å². The van der Waals surface area contributed by atoms with E-state index in [2.05, 4.69) is 182 Å². The van der Waals surface area contributed by atoms with E-state index in [0.29, 0.717) is 42.6 Å². The van der Waals surface area contributed by atoms with Crippen LogP contribution in [0.25, 0.3) is 0 Å². The first-order valence-corrected chi connectivity index (χ1v) is 24.5. The lowest BCUT2D eigenvalue weighted by molar-refractivity contribution is -0.139. The predicted octanol–water partition coefficient (Wildman–Crippen LogP) is 14.4. The summed E-state index contributed by atoms with van der Waals surface area (Å²) in [7, 11) is 0. The van der Waals surface area contributed by atoms with Crippen LogP contribution < -0.4 is 9.80 Å². The average Bonchev–Trinajstić information content (AvgIpc) is 3.38. The molecule has 0 N–H and O–H groups in total. The molecule has 8 nitrogen and oxygen atoms in total. The Kier molecular flexibility index (Phi) is 17.1. The minimum Gasteiger partial charge on any atom is -0.462 e. The highest BCUT2D eigenvalue weighted by atomic mass is 16.5. The minimum absolute atomic E-state index is 0.145. The third-order valence-electron chi connectivity index (χ3n) is 13.2. The second kappa shape index (κ2) is 23.7. The van der Waals surface area contributed by atoms with Gasteiger partial charge in [0, 0.05) is 75.5 Å². The van der Waals surface area contributed by atoms with Crippen molar-refractivity contribution in [2.45, 2.75) is 90.9 Å². The van der Waals surface area contributed by atoms with Crippen molar-refractivity contribution in [3.63, 3.8) is 0 Å². The first kappa shape index (κ1) is 50.4. The molecule has 0 amide bonds. The molecule has 0 atom stereocenters. The maximum Gasteiger partial charge on any atom is 0.333 e. The Morgan fingerprint density at radius 2 is 0.671 bits per heavy atom. The second-order valence-electron chi connectivity index (χ2n) is 18.4. The van der Waals surface area contributed by atoms with Crippen LogP contribution in [0.1, 0.15) is 93.2 Å². The number of carbonyl (C=O) groups is 3. The summed E-state index contributed by atoms with van der Waals surface area (Å²) in [5.74, 6) is -1.13. The van der Waals surface area contributed by atoms with Crippen LogP contribution in [0, 0.1) is 0 Å². The van der Waals surface area contributed by atoms with Crippen molar-refractivity contribution < 1.29 is 28.6 Å². The van der Waals surface area contributed by atoms with Gasteiger partial charge in [-0.15, -0.1) is 0 Å². The van der Waals surface area contributed by atoms with Gasteiger partial charge in [0.15, 0.2) is 0 Å². The summed E-state index contributed by atoms with van der Waals surface area (Å²) in [6.45, 7) is 19.1. The lowest BCUT2D eigenvalue weighted by Crippen LogP contribution is -2.30. The highest BCUT2D eigenvalue weighted by molar-refractivity contribution is 5.88. The van der Waals surface area contributed by atoms with Crippen LogP contribution >= 0.6 is 0 Å². The number of benzene rings is 6. The summed E-state index contributed by atoms with van der Waals surface area (Å²) < 4.78 is 16.1. The molecule has 0 bridgehead atoms. The van der Waals surface area contributed by atoms with E-state index in [1.54, 1.807) is 20.8 Å². The summed E-state index contributed by atoms with van der Waals surface area (Å²) in [6.07, 6.45) is 8.43. The maximum absolute atomic E-state index is 12.0. The molecule has 1 aliphatic carbocycles. The molecule has 0 unspecified atom stereocenters. The minimum atomic E-state index is -0.382. The first-order valence-electron chi connectivity index (χ1n) is 24.5. The van der Waals surface area contributed by atoms with E-state index in [0.717, 1.165) is 82.9 Å². The summed E-state index contributed by atoms with van der Waals surface area (Å²) in [5, 5.41) is 0. The summed E-state index contributed by atoms with van der Waals surface area (Å²) in [6, 6.07) is 52.4. The van der Waals surface area contributed by atoms with E-state index in [-0.39, 0.29) is 36.5 Å². The fraction of sp³-hybridized carbons (Fsp3) is 0.274. The van der Waals surface area contributed by atoms with Crippen molar-refractivity contribution in [2.24, 2.45) is 0 Å². The van der Waals surface area contributed by atoms with E-state index in [1.165, 1.54) is 23.1 Å². The lowest BCUT2D eigenvalue weighted by atomic mass is 9.65. The summed E-state index contributed by atoms with van der Waals surface area (Å²) in [4.78, 5) is 40.5. The molecule has 1 aliphatic rings. The molecule has 0 spiro atoms. The second-order valence-corrected chi connectivity index (χ2v) is 18.4. The Hall–Kier alpha value is -7.45. The number of esters is 3. The molecule has 1 fully saturated rings. The van der Waals surface area contributed by atoms with Gasteiger partial charge in [-0.3, -0.25) is 0 Å². The predicted molar refractivity (Wildman–Crippen MR) is 284 cm³/mol. The molecular formula is C62H66N2O6. The number of hydrogen-bond acceptors (Lipinski definition) is 8. The zero-order valence-corrected chi connectivity index (χ0v) is 41.3. The van der Waals surface area contributed by atoms with Crippen LogP contribution in [0.4, 0.5) is 34.1 Å². The van der Waals surface area contributed by atoms with E-state index in [1.807, 2.05) is 0 Å². The molecular weight excluding hydrogens is 869 g/mol. The summed E-state index contributed by atoms with van der Waals surface area (Å²) >= 11 is 0. The smallest absolute Gasteiger partial charge is 0.333 e. The number of rotatable bonds is 21. The average molecular weight is 935 g/mol. The first-order chi connectivity index (χ1) is 33.8. The van der Waals surface area contributed by atoms with Gasteiger partial charge in [0.05, 0.1) is 19.8 Å². The normalized spacial score (nSPS) is 12.9. The number of nitrogens with zero attached hydrogens (tertiary/aromatic N) is 2. The summed E-state index contributed by atoms with van der Waals surface area (Å²) in [5.41, 5.74) is 14.4. The SMILES string of the molecule is C=C(C)C(=O)OCCc1ccc(N(c2ccc(CC)cc2)c2ccc(C3(c4ccc(N(c5ccc(CCOC(=O)C(=C)C)cc5)c5ccc(CCOC(=O)C(=C)C)cc5)cc4)CCCCC3)cc2)cc1. The number of carbonyl (C=O) groups excluding carboxylic acids is 3. The third-order valence-corrected chi connectivity index (χ3v) is 13.2. The van der Waals surface area contributed by atoms with Crippen molar-refractivity contribution in [3.05, 3.63) is 215 Å². The van der Waals surface area contributed by atoms with E-state index in [9.17, 15) is 14.4 Å². The van der Waals surface area contributed by atoms with Gasteiger partial charge in [-0.1, -0.05) is 119 Å². The zero-order valence-electron chi connectivity index (χ0n) is 41.3. The Labute approximate surface area is 414 Å². The van der Waals surface area contributed by atoms with Gasteiger partial charge in [0.2, 0.25) is 0 Å². The fourth-order valence-corrected chi connectivity index (χ4v) is 9.12. The molecule has 8 heteroatoms. The Bertz CT molecular complexity index is 2670. The molecule has 70 heavy (non-hydrogen) atoms. The monoisotopic (exact) mass is 934 g/mol. The van der Waals surface area contributed by atoms with Crippen molar-refractivity contribution >= 4 is 52.0 Å². The van der Waals surface area contributed by atoms with Crippen molar-refractivity contribution in [3.8, 4) is 0 Å². The van der Waals surface area contributed by atoms with E-state index < -0.39 is 0 Å². The highest BCUT2D eigenvalue weighted by Gasteiger charge is 2.36. The molecule has 6 aromatic rings. The third kappa shape index (κ3) is 12.6. The number of anilines is 6. The molecule has 6 aromatic carbocycles. The van der Waals surface area contributed by atoms with Gasteiger partial charge in [0.1, 0.15) is 0 Å². The van der Waals surface area contributed by atoms with Crippen LogP contribution in [-0.2, 0) is 59.7 Å². The molecule has 0 aliphatic heterocycles. The quantitative estimate of drug-likeness (QED) is 0.0401. The van der Waals surface area contributed by atoms with Crippen LogP contribution in [-0.4, -0.2) is 37.7 Å². The molecule has 7 rings (SSSR count). The van der Waals surface area contributed by atoms with E-state index >= 15 is 0 Å². The Balaban J connectivity index is 1.17. The molecule has 1 saturated carbocycles. The van der Waals surface area contributed by atoms with Gasteiger partial charge >= 0.3 is 17.9 Å². The van der Waals surface area contributed by atoms with Crippen LogP contribution in [0.15, 0.2) is 182 Å². The maximum atomic E-state index is 12.0. The zero-order chi connectivity index (χ0) is 49.6. The largest absolute Gasteiger partial charge is 0.462 e. The Morgan fingerprint density at radius 1 is 0.414 bits per heavy atom. The lowest BCUT2D eigenvalue weighted by Gasteiger charge is -2.39. The molecule has 0 aromatic heterocycles. The van der Waals surface area contributed by atoms with Crippen molar-refractivity contribution in [2.75, 3.05) is 29.6 Å². The van der Waals surface area contributed by atoms with Gasteiger partial charge in [-0.2, -0.15) is 0 Å². The highest BCUT2D eigenvalue weighted by Crippen LogP contribution is 2.47. The fourth-order valence-electron chi connectivity index (χ4n) is 9.12. The molecule has 360 valence electrons. The molecule has 0 saturated heterocycles. The van der Waals surface area contributed by atoms with Crippen molar-refractivity contribution in [1.29, 1.82) is 0 Å². The van der Waals surface area contributed by atoms with Gasteiger partial charge in [0.25, 0.3) is 0 Å². The number of ether oxygens (including phenoxy) is 3. The van der Waals surface area contributed by atoms with Gasteiger partial charge in [-0.25, -0.2) is 14.4 Å². The van der Waals surface area contributed by atoms with Crippen molar-refractivity contribution in [1.82, 2.24) is 0 Å². The van der Waals surface area contributed by atoms with Gasteiger partial charge < -0.3 is 24.0 Å². The van der Waals surface area contributed by atoms with Crippen LogP contribution in [0.2, 0.25) is 0 Å². The number of aryl methyl sites for hydroxylation is 1. The van der Waals surface area contributed by atoms with Crippen LogP contribution in [0.5, 0.6) is 0 Å². The number of hydrogen-bond donors (Lipinski definition) is 0. The standard InChI is InChI=1S/C62H66N2O6/c1-8-47-12-24-53(25-13-47)63(54-26-14-48(15-27-54)36-41-68-59(65)44(2)3)57-32-20-51(21-33-57)62(39-10-9-11-40-62)52-22-34-58(35-23-52)64(55-28-16-49(17-29-55)37-42-69-60(66)45(4)5)56-30-18-50(19-31-56)38-43-70-61(67)46(6)7/h12-35H,2,4,6,8-11,36-43H2,1,3,5,7H3. The van der Waals surface area contributed by atoms with Gasteiger partial charge in [-0.05, 0) is 146 Å². The topological polar surface area (TPSA) is 85.4 Å².